The van der Waals surface area contributed by atoms with Crippen LogP contribution in [0.5, 0.6) is 0 Å². The van der Waals surface area contributed by atoms with Gasteiger partial charge in [0.25, 0.3) is 0 Å². The molecule has 128 valence electrons. The summed E-state index contributed by atoms with van der Waals surface area (Å²) in [5.74, 6) is 0. The molecule has 0 N–H and O–H groups in total. The van der Waals surface area contributed by atoms with Gasteiger partial charge in [-0.15, -0.1) is 0 Å². The van der Waals surface area contributed by atoms with E-state index in [9.17, 15) is 0 Å². The summed E-state index contributed by atoms with van der Waals surface area (Å²) in [5.41, 5.74) is 2.98. The van der Waals surface area contributed by atoms with E-state index in [0.717, 1.165) is 6.54 Å². The van der Waals surface area contributed by atoms with Gasteiger partial charge in [0.05, 0.1) is 0 Å². The Morgan fingerprint density at radius 3 is 2.09 bits per heavy atom. The fraction of sp³-hybridized carbons (Fsp3) is 0.700. The van der Waals surface area contributed by atoms with Crippen molar-refractivity contribution in [2.45, 2.75) is 38.6 Å². The molecule has 2 saturated heterocycles. The minimum absolute atomic E-state index is 1.14. The predicted molar refractivity (Wildman–Crippen MR) is 97.8 cm³/mol. The van der Waals surface area contributed by atoms with Crippen molar-refractivity contribution in [3.8, 4) is 0 Å². The third kappa shape index (κ3) is 5.59. The van der Waals surface area contributed by atoms with Crippen LogP contribution in [0.2, 0.25) is 0 Å². The third-order valence-corrected chi connectivity index (χ3v) is 5.41. The second-order valence-electron chi connectivity index (χ2n) is 7.40. The number of rotatable bonds is 6. The first-order valence-electron chi connectivity index (χ1n) is 9.51. The van der Waals surface area contributed by atoms with Crippen molar-refractivity contribution >= 4 is 0 Å². The summed E-state index contributed by atoms with van der Waals surface area (Å²) in [6.45, 7) is 9.90. The zero-order valence-corrected chi connectivity index (χ0v) is 14.8. The van der Waals surface area contributed by atoms with Crippen LogP contribution in [0.4, 0.5) is 0 Å². The number of likely N-dealkylation sites (tertiary alicyclic amines) is 1. The standard InChI is InChI=1S/C20H33N3/c1-21-14-16-22(17-15-21)13-5-6-19-7-9-20(10-8-19)18-23-11-3-2-4-12-23/h7-10H,2-6,11-18H2,1H3. The Hall–Kier alpha value is -0.900. The molecular formula is C20H33N3. The molecule has 0 radical (unpaired) electrons. The van der Waals surface area contributed by atoms with Gasteiger partial charge in [0.15, 0.2) is 0 Å². The van der Waals surface area contributed by atoms with Crippen LogP contribution in [-0.2, 0) is 13.0 Å². The van der Waals surface area contributed by atoms with E-state index in [0.29, 0.717) is 0 Å². The maximum absolute atomic E-state index is 2.62. The van der Waals surface area contributed by atoms with E-state index < -0.39 is 0 Å². The number of benzene rings is 1. The van der Waals surface area contributed by atoms with Crippen LogP contribution >= 0.6 is 0 Å². The Kier molecular flexibility index (Phi) is 6.49. The minimum Gasteiger partial charge on any atom is -0.304 e. The molecule has 23 heavy (non-hydrogen) atoms. The molecule has 2 aliphatic rings. The molecule has 0 bridgehead atoms. The van der Waals surface area contributed by atoms with Gasteiger partial charge in [0.1, 0.15) is 0 Å². The summed E-state index contributed by atoms with van der Waals surface area (Å²) >= 11 is 0. The van der Waals surface area contributed by atoms with E-state index in [1.165, 1.54) is 89.0 Å². The zero-order valence-electron chi connectivity index (χ0n) is 14.8. The van der Waals surface area contributed by atoms with E-state index in [1.54, 1.807) is 0 Å². The Morgan fingerprint density at radius 2 is 1.39 bits per heavy atom. The van der Waals surface area contributed by atoms with E-state index in [-0.39, 0.29) is 0 Å². The minimum atomic E-state index is 1.14. The van der Waals surface area contributed by atoms with E-state index in [1.807, 2.05) is 0 Å². The SMILES string of the molecule is CN1CCN(CCCc2ccc(CN3CCCCC3)cc2)CC1. The quantitative estimate of drug-likeness (QED) is 0.799. The number of piperazine rings is 1. The van der Waals surface area contributed by atoms with Gasteiger partial charge in [-0.2, -0.15) is 0 Å². The molecule has 1 aromatic rings. The van der Waals surface area contributed by atoms with Gasteiger partial charge >= 0.3 is 0 Å². The lowest BCUT2D eigenvalue weighted by molar-refractivity contribution is 0.153. The molecule has 0 spiro atoms. The van der Waals surface area contributed by atoms with Crippen molar-refractivity contribution in [1.29, 1.82) is 0 Å². The molecule has 0 amide bonds. The summed E-state index contributed by atoms with van der Waals surface area (Å²) in [6.07, 6.45) is 6.68. The van der Waals surface area contributed by atoms with Gasteiger partial charge in [0.2, 0.25) is 0 Å². The fourth-order valence-corrected chi connectivity index (χ4v) is 3.77. The highest BCUT2D eigenvalue weighted by molar-refractivity contribution is 5.22. The average molecular weight is 316 g/mol. The average Bonchev–Trinajstić information content (AvgIpc) is 2.59. The number of nitrogens with zero attached hydrogens (tertiary/aromatic N) is 3. The van der Waals surface area contributed by atoms with Gasteiger partial charge in [-0.05, 0) is 63.5 Å². The molecular weight excluding hydrogens is 282 g/mol. The summed E-state index contributed by atoms with van der Waals surface area (Å²) in [4.78, 5) is 7.65. The summed E-state index contributed by atoms with van der Waals surface area (Å²) in [7, 11) is 2.22. The first-order chi connectivity index (χ1) is 11.3. The summed E-state index contributed by atoms with van der Waals surface area (Å²) in [5, 5.41) is 0. The van der Waals surface area contributed by atoms with Crippen molar-refractivity contribution in [2.24, 2.45) is 0 Å². The smallest absolute Gasteiger partial charge is 0.0233 e. The first-order valence-corrected chi connectivity index (χ1v) is 9.51. The first kappa shape index (κ1) is 16.9. The molecule has 0 saturated carbocycles. The molecule has 0 unspecified atom stereocenters. The van der Waals surface area contributed by atoms with Gasteiger partial charge in [0, 0.05) is 32.7 Å². The van der Waals surface area contributed by atoms with Crippen LogP contribution in [0.25, 0.3) is 0 Å². The summed E-state index contributed by atoms with van der Waals surface area (Å²) in [6, 6.07) is 9.39. The molecule has 1 aromatic carbocycles. The molecule has 0 atom stereocenters. The monoisotopic (exact) mass is 315 g/mol. The number of likely N-dealkylation sites (N-methyl/N-ethyl adjacent to an activating group) is 1. The topological polar surface area (TPSA) is 9.72 Å². The highest BCUT2D eigenvalue weighted by atomic mass is 15.2. The van der Waals surface area contributed by atoms with Crippen molar-refractivity contribution in [3.63, 3.8) is 0 Å². The zero-order chi connectivity index (χ0) is 15.9. The van der Waals surface area contributed by atoms with E-state index in [4.69, 9.17) is 0 Å². The lowest BCUT2D eigenvalue weighted by Gasteiger charge is -2.32. The number of piperidine rings is 1. The number of hydrogen-bond acceptors (Lipinski definition) is 3. The second kappa shape index (κ2) is 8.81. The van der Waals surface area contributed by atoms with Gasteiger partial charge in [-0.25, -0.2) is 0 Å². The van der Waals surface area contributed by atoms with Crippen LogP contribution in [0.1, 0.15) is 36.8 Å². The lowest BCUT2D eigenvalue weighted by Crippen LogP contribution is -2.44. The number of hydrogen-bond donors (Lipinski definition) is 0. The van der Waals surface area contributed by atoms with Gasteiger partial charge in [-0.3, -0.25) is 4.90 Å². The number of aryl methyl sites for hydroxylation is 1. The predicted octanol–water partition coefficient (Wildman–Crippen LogP) is 2.85. The van der Waals surface area contributed by atoms with Crippen LogP contribution in [-0.4, -0.2) is 67.6 Å². The lowest BCUT2D eigenvalue weighted by atomic mass is 10.1. The normalized spacial score (nSPS) is 21.6. The fourth-order valence-electron chi connectivity index (χ4n) is 3.77. The van der Waals surface area contributed by atoms with Crippen LogP contribution < -0.4 is 0 Å². The molecule has 0 aromatic heterocycles. The van der Waals surface area contributed by atoms with Crippen LogP contribution in [0.15, 0.2) is 24.3 Å². The maximum atomic E-state index is 2.62. The van der Waals surface area contributed by atoms with Crippen molar-refractivity contribution < 1.29 is 0 Å². The molecule has 0 aliphatic carbocycles. The highest BCUT2D eigenvalue weighted by Crippen LogP contribution is 2.14. The van der Waals surface area contributed by atoms with Crippen LogP contribution in [0.3, 0.4) is 0 Å². The van der Waals surface area contributed by atoms with Gasteiger partial charge in [-0.1, -0.05) is 30.7 Å². The largest absolute Gasteiger partial charge is 0.304 e. The molecule has 3 nitrogen and oxygen atoms in total. The van der Waals surface area contributed by atoms with Gasteiger partial charge < -0.3 is 9.80 Å². The Morgan fingerprint density at radius 1 is 0.739 bits per heavy atom. The Labute approximate surface area is 142 Å². The molecule has 2 aliphatic heterocycles. The van der Waals surface area contributed by atoms with Crippen molar-refractivity contribution in [1.82, 2.24) is 14.7 Å². The van der Waals surface area contributed by atoms with Crippen molar-refractivity contribution in [2.75, 3.05) is 52.9 Å². The molecule has 2 heterocycles. The third-order valence-electron chi connectivity index (χ3n) is 5.41. The molecule has 3 heteroatoms. The van der Waals surface area contributed by atoms with E-state index in [2.05, 4.69) is 46.0 Å². The van der Waals surface area contributed by atoms with E-state index >= 15 is 0 Å². The Bertz CT molecular complexity index is 442. The molecule has 3 rings (SSSR count). The Balaban J connectivity index is 1.37. The highest BCUT2D eigenvalue weighted by Gasteiger charge is 2.13. The van der Waals surface area contributed by atoms with Crippen LogP contribution in [0, 0.1) is 0 Å². The second-order valence-corrected chi connectivity index (χ2v) is 7.40. The van der Waals surface area contributed by atoms with Crippen molar-refractivity contribution in [3.05, 3.63) is 35.4 Å². The summed E-state index contributed by atoms with van der Waals surface area (Å²) < 4.78 is 0. The molecule has 2 fully saturated rings. The maximum Gasteiger partial charge on any atom is 0.0233 e.